The second-order valence-electron chi connectivity index (χ2n) is 6.62. The van der Waals surface area contributed by atoms with Crippen molar-refractivity contribution < 1.29 is 24.2 Å². The van der Waals surface area contributed by atoms with Crippen molar-refractivity contribution in [2.45, 2.75) is 51.5 Å². The minimum atomic E-state index is -1.29. The summed E-state index contributed by atoms with van der Waals surface area (Å²) in [6.07, 6.45) is -0.808. The Bertz CT molecular complexity index is 552. The molecule has 0 unspecified atom stereocenters. The molecule has 0 spiro atoms. The standard InChI is InChI=1S/C17H23NO5/c1-17(2,3)23-16(21)18-10-13(9-14(18)15(19)20)22-11-12-7-5-4-6-8-12/h4-8,13-14H,9-11H2,1-3H3,(H,19,20)/p-1/t13-,14+/m1/s1. The molecule has 2 rings (SSSR count). The van der Waals surface area contributed by atoms with Crippen LogP contribution in [0.1, 0.15) is 32.8 Å². The zero-order chi connectivity index (χ0) is 17.0. The Balaban J connectivity index is 1.97. The molecule has 0 aromatic heterocycles. The summed E-state index contributed by atoms with van der Waals surface area (Å²) >= 11 is 0. The number of hydrogen-bond acceptors (Lipinski definition) is 5. The number of carboxylic acid groups (broad SMARTS) is 1. The van der Waals surface area contributed by atoms with Crippen molar-refractivity contribution in [1.82, 2.24) is 4.90 Å². The third-order valence-corrected chi connectivity index (χ3v) is 3.49. The van der Waals surface area contributed by atoms with Crippen LogP contribution in [0.25, 0.3) is 0 Å². The lowest BCUT2D eigenvalue weighted by Crippen LogP contribution is -2.48. The number of amides is 1. The van der Waals surface area contributed by atoms with Gasteiger partial charge in [0.2, 0.25) is 0 Å². The van der Waals surface area contributed by atoms with Gasteiger partial charge in [-0.15, -0.1) is 0 Å². The average molecular weight is 320 g/mol. The molecule has 1 saturated heterocycles. The van der Waals surface area contributed by atoms with Crippen molar-refractivity contribution in [1.29, 1.82) is 0 Å². The third kappa shape index (κ3) is 4.96. The normalized spacial score (nSPS) is 21.3. The number of likely N-dealkylation sites (tertiary alicyclic amines) is 1. The number of carboxylic acids is 1. The molecule has 1 aromatic rings. The first-order valence-electron chi connectivity index (χ1n) is 7.62. The predicted molar refractivity (Wildman–Crippen MR) is 81.4 cm³/mol. The van der Waals surface area contributed by atoms with Gasteiger partial charge in [-0.25, -0.2) is 4.79 Å². The Morgan fingerprint density at radius 3 is 2.48 bits per heavy atom. The molecule has 23 heavy (non-hydrogen) atoms. The fourth-order valence-electron chi connectivity index (χ4n) is 2.45. The molecule has 126 valence electrons. The molecule has 1 aromatic carbocycles. The number of carbonyl (C=O) groups is 2. The number of benzene rings is 1. The summed E-state index contributed by atoms with van der Waals surface area (Å²) in [6, 6.07) is 8.56. The lowest BCUT2D eigenvalue weighted by atomic mass is 10.2. The molecule has 1 heterocycles. The van der Waals surface area contributed by atoms with E-state index in [0.717, 1.165) is 5.56 Å². The van der Waals surface area contributed by atoms with Crippen LogP contribution in [-0.4, -0.2) is 41.3 Å². The van der Waals surface area contributed by atoms with Gasteiger partial charge in [-0.3, -0.25) is 4.90 Å². The van der Waals surface area contributed by atoms with Gasteiger partial charge < -0.3 is 19.4 Å². The monoisotopic (exact) mass is 320 g/mol. The highest BCUT2D eigenvalue weighted by Crippen LogP contribution is 2.23. The first kappa shape index (κ1) is 17.3. The number of hydrogen-bond donors (Lipinski definition) is 0. The summed E-state index contributed by atoms with van der Waals surface area (Å²) in [7, 11) is 0. The van der Waals surface area contributed by atoms with Gasteiger partial charge in [0.15, 0.2) is 0 Å². The molecule has 0 bridgehead atoms. The molecule has 6 nitrogen and oxygen atoms in total. The van der Waals surface area contributed by atoms with Crippen molar-refractivity contribution in [3.05, 3.63) is 35.9 Å². The fourth-order valence-corrected chi connectivity index (χ4v) is 2.45. The summed E-state index contributed by atoms with van der Waals surface area (Å²) in [4.78, 5) is 24.6. The van der Waals surface area contributed by atoms with Gasteiger partial charge in [0.25, 0.3) is 0 Å². The predicted octanol–water partition coefficient (Wildman–Crippen LogP) is 1.33. The van der Waals surface area contributed by atoms with Gasteiger partial charge in [-0.1, -0.05) is 30.3 Å². The van der Waals surface area contributed by atoms with E-state index < -0.39 is 23.7 Å². The quantitative estimate of drug-likeness (QED) is 0.836. The van der Waals surface area contributed by atoms with Crippen molar-refractivity contribution in [2.75, 3.05) is 6.54 Å². The minimum Gasteiger partial charge on any atom is -0.548 e. The van der Waals surface area contributed by atoms with Crippen LogP contribution in [0.3, 0.4) is 0 Å². The second kappa shape index (κ2) is 7.00. The van der Waals surface area contributed by atoms with E-state index in [1.807, 2.05) is 30.3 Å². The number of nitrogens with zero attached hydrogens (tertiary/aromatic N) is 1. The van der Waals surface area contributed by atoms with Crippen molar-refractivity contribution in [3.8, 4) is 0 Å². The van der Waals surface area contributed by atoms with E-state index >= 15 is 0 Å². The van der Waals surface area contributed by atoms with E-state index in [9.17, 15) is 14.7 Å². The second-order valence-corrected chi connectivity index (χ2v) is 6.62. The van der Waals surface area contributed by atoms with E-state index in [2.05, 4.69) is 0 Å². The largest absolute Gasteiger partial charge is 0.548 e. The molecular weight excluding hydrogens is 298 g/mol. The van der Waals surface area contributed by atoms with Crippen LogP contribution in [0, 0.1) is 0 Å². The summed E-state index contributed by atoms with van der Waals surface area (Å²) in [5.41, 5.74) is 0.310. The average Bonchev–Trinajstić information content (AvgIpc) is 2.89. The summed E-state index contributed by atoms with van der Waals surface area (Å²) < 4.78 is 11.0. The highest BCUT2D eigenvalue weighted by atomic mass is 16.6. The highest BCUT2D eigenvalue weighted by molar-refractivity contribution is 5.79. The van der Waals surface area contributed by atoms with E-state index in [1.165, 1.54) is 4.90 Å². The van der Waals surface area contributed by atoms with E-state index in [-0.39, 0.29) is 19.1 Å². The molecule has 6 heteroatoms. The van der Waals surface area contributed by atoms with Gasteiger partial charge in [-0.05, 0) is 26.3 Å². The molecule has 1 amide bonds. The van der Waals surface area contributed by atoms with Crippen molar-refractivity contribution >= 4 is 12.1 Å². The topological polar surface area (TPSA) is 78.9 Å². The van der Waals surface area contributed by atoms with Gasteiger partial charge in [0.1, 0.15) is 5.60 Å². The van der Waals surface area contributed by atoms with Crippen molar-refractivity contribution in [3.63, 3.8) is 0 Å². The molecule has 0 saturated carbocycles. The summed E-state index contributed by atoms with van der Waals surface area (Å²) in [5, 5.41) is 11.3. The number of aliphatic carboxylic acids is 1. The summed E-state index contributed by atoms with van der Waals surface area (Å²) in [6.45, 7) is 5.75. The molecule has 1 aliphatic rings. The Morgan fingerprint density at radius 1 is 1.26 bits per heavy atom. The maximum atomic E-state index is 12.2. The van der Waals surface area contributed by atoms with Gasteiger partial charge in [-0.2, -0.15) is 0 Å². The Labute approximate surface area is 136 Å². The lowest BCUT2D eigenvalue weighted by Gasteiger charge is -2.28. The first-order valence-corrected chi connectivity index (χ1v) is 7.62. The van der Waals surface area contributed by atoms with Crippen LogP contribution in [0.5, 0.6) is 0 Å². The highest BCUT2D eigenvalue weighted by Gasteiger charge is 2.38. The zero-order valence-electron chi connectivity index (χ0n) is 13.7. The molecule has 0 N–H and O–H groups in total. The summed E-state index contributed by atoms with van der Waals surface area (Å²) in [5.74, 6) is -1.29. The number of ether oxygens (including phenoxy) is 2. The molecule has 0 radical (unpaired) electrons. The van der Waals surface area contributed by atoms with E-state index in [4.69, 9.17) is 9.47 Å². The number of carbonyl (C=O) groups excluding carboxylic acids is 2. The Morgan fingerprint density at radius 2 is 1.91 bits per heavy atom. The van der Waals surface area contributed by atoms with Crippen LogP contribution >= 0.6 is 0 Å². The van der Waals surface area contributed by atoms with Crippen molar-refractivity contribution in [2.24, 2.45) is 0 Å². The third-order valence-electron chi connectivity index (χ3n) is 3.49. The van der Waals surface area contributed by atoms with Crippen LogP contribution in [0.4, 0.5) is 4.79 Å². The van der Waals surface area contributed by atoms with Crippen LogP contribution < -0.4 is 5.11 Å². The number of rotatable bonds is 4. The fraction of sp³-hybridized carbons (Fsp3) is 0.529. The van der Waals surface area contributed by atoms with Crippen LogP contribution in [0.15, 0.2) is 30.3 Å². The van der Waals surface area contributed by atoms with E-state index in [1.54, 1.807) is 20.8 Å². The van der Waals surface area contributed by atoms with E-state index in [0.29, 0.717) is 6.61 Å². The Hall–Kier alpha value is -2.08. The van der Waals surface area contributed by atoms with Gasteiger partial charge >= 0.3 is 6.09 Å². The van der Waals surface area contributed by atoms with Gasteiger partial charge in [0, 0.05) is 6.42 Å². The molecule has 2 atom stereocenters. The maximum Gasteiger partial charge on any atom is 0.410 e. The molecule has 1 aliphatic heterocycles. The smallest absolute Gasteiger partial charge is 0.410 e. The maximum absolute atomic E-state index is 12.2. The Kier molecular flexibility index (Phi) is 5.26. The lowest BCUT2D eigenvalue weighted by molar-refractivity contribution is -0.310. The molecule has 1 fully saturated rings. The first-order chi connectivity index (χ1) is 10.8. The molecule has 0 aliphatic carbocycles. The zero-order valence-corrected chi connectivity index (χ0v) is 13.7. The van der Waals surface area contributed by atoms with Crippen LogP contribution in [0.2, 0.25) is 0 Å². The SMILES string of the molecule is CC(C)(C)OC(=O)N1C[C@H](OCc2ccccc2)C[C@H]1C(=O)[O-]. The van der Waals surface area contributed by atoms with Gasteiger partial charge in [0.05, 0.1) is 31.3 Å². The minimum absolute atomic E-state index is 0.181. The van der Waals surface area contributed by atoms with Crippen LogP contribution in [-0.2, 0) is 20.9 Å². The molecular formula is C17H22NO5-.